The SMILES string of the molecule is Cc1cc(C)c(NCC(C)c2ccccc2)c(C)c1. The smallest absolute Gasteiger partial charge is 0.0399 e. The van der Waals surface area contributed by atoms with Gasteiger partial charge in [0.05, 0.1) is 0 Å². The third kappa shape index (κ3) is 3.37. The fourth-order valence-corrected chi connectivity index (χ4v) is 2.61. The number of rotatable bonds is 4. The standard InChI is InChI=1S/C18H23N/c1-13-10-14(2)18(15(3)11-13)19-12-16(4)17-8-6-5-7-9-17/h5-11,16,19H,12H2,1-4H3. The zero-order valence-corrected chi connectivity index (χ0v) is 12.3. The Hall–Kier alpha value is -1.76. The van der Waals surface area contributed by atoms with Crippen LogP contribution in [0.25, 0.3) is 0 Å². The number of nitrogens with one attached hydrogen (secondary N) is 1. The molecule has 0 aliphatic heterocycles. The highest BCUT2D eigenvalue weighted by molar-refractivity contribution is 5.58. The summed E-state index contributed by atoms with van der Waals surface area (Å²) in [6.07, 6.45) is 0. The van der Waals surface area contributed by atoms with Crippen LogP contribution in [0.3, 0.4) is 0 Å². The third-order valence-electron chi connectivity index (χ3n) is 3.63. The van der Waals surface area contributed by atoms with Crippen molar-refractivity contribution in [2.45, 2.75) is 33.6 Å². The zero-order chi connectivity index (χ0) is 13.8. The summed E-state index contributed by atoms with van der Waals surface area (Å²) in [5.41, 5.74) is 6.66. The molecule has 0 heterocycles. The lowest BCUT2D eigenvalue weighted by molar-refractivity contribution is 0.803. The van der Waals surface area contributed by atoms with E-state index in [1.54, 1.807) is 0 Å². The van der Waals surface area contributed by atoms with E-state index in [1.807, 2.05) is 0 Å². The molecule has 1 unspecified atom stereocenters. The molecule has 1 atom stereocenters. The maximum atomic E-state index is 3.61. The van der Waals surface area contributed by atoms with Gasteiger partial charge in [-0.2, -0.15) is 0 Å². The molecule has 0 aliphatic rings. The first kappa shape index (κ1) is 13.7. The van der Waals surface area contributed by atoms with Crippen LogP contribution in [0.1, 0.15) is 35.1 Å². The largest absolute Gasteiger partial charge is 0.384 e. The van der Waals surface area contributed by atoms with E-state index >= 15 is 0 Å². The van der Waals surface area contributed by atoms with Crippen molar-refractivity contribution in [3.05, 3.63) is 64.7 Å². The maximum absolute atomic E-state index is 3.61. The molecule has 0 saturated heterocycles. The van der Waals surface area contributed by atoms with Crippen molar-refractivity contribution < 1.29 is 0 Å². The van der Waals surface area contributed by atoms with Gasteiger partial charge >= 0.3 is 0 Å². The van der Waals surface area contributed by atoms with Gasteiger partial charge in [0, 0.05) is 12.2 Å². The Morgan fingerprint density at radius 1 is 0.947 bits per heavy atom. The lowest BCUT2D eigenvalue weighted by Gasteiger charge is -2.18. The number of hydrogen-bond acceptors (Lipinski definition) is 1. The van der Waals surface area contributed by atoms with Crippen molar-refractivity contribution in [3.63, 3.8) is 0 Å². The van der Waals surface area contributed by atoms with E-state index in [0.29, 0.717) is 5.92 Å². The molecule has 2 rings (SSSR count). The monoisotopic (exact) mass is 253 g/mol. The first-order chi connectivity index (χ1) is 9.08. The van der Waals surface area contributed by atoms with E-state index in [4.69, 9.17) is 0 Å². The second-order valence-electron chi connectivity index (χ2n) is 5.47. The van der Waals surface area contributed by atoms with Crippen LogP contribution in [0.5, 0.6) is 0 Å². The van der Waals surface area contributed by atoms with Gasteiger partial charge < -0.3 is 5.32 Å². The summed E-state index contributed by atoms with van der Waals surface area (Å²) in [7, 11) is 0. The van der Waals surface area contributed by atoms with Crippen LogP contribution in [0.15, 0.2) is 42.5 Å². The minimum atomic E-state index is 0.515. The van der Waals surface area contributed by atoms with Crippen LogP contribution in [-0.2, 0) is 0 Å². The van der Waals surface area contributed by atoms with Gasteiger partial charge in [0.1, 0.15) is 0 Å². The van der Waals surface area contributed by atoms with Gasteiger partial charge in [-0.1, -0.05) is 55.0 Å². The van der Waals surface area contributed by atoms with Crippen molar-refractivity contribution in [3.8, 4) is 0 Å². The van der Waals surface area contributed by atoms with Crippen LogP contribution in [-0.4, -0.2) is 6.54 Å². The quantitative estimate of drug-likeness (QED) is 0.823. The lowest BCUT2D eigenvalue weighted by atomic mass is 10.00. The van der Waals surface area contributed by atoms with Gasteiger partial charge in [0.2, 0.25) is 0 Å². The molecule has 0 amide bonds. The molecule has 0 bridgehead atoms. The van der Waals surface area contributed by atoms with E-state index in [2.05, 4.69) is 75.5 Å². The highest BCUT2D eigenvalue weighted by Crippen LogP contribution is 2.23. The van der Waals surface area contributed by atoms with Gasteiger partial charge in [0.15, 0.2) is 0 Å². The van der Waals surface area contributed by atoms with Crippen molar-refractivity contribution in [2.24, 2.45) is 0 Å². The Balaban J connectivity index is 2.07. The summed E-state index contributed by atoms with van der Waals surface area (Å²) in [6, 6.07) is 15.1. The van der Waals surface area contributed by atoms with Gasteiger partial charge in [-0.15, -0.1) is 0 Å². The molecule has 0 aliphatic carbocycles. The number of hydrogen-bond donors (Lipinski definition) is 1. The van der Waals surface area contributed by atoms with Crippen molar-refractivity contribution in [1.29, 1.82) is 0 Å². The number of aryl methyl sites for hydroxylation is 3. The van der Waals surface area contributed by atoms with E-state index in [9.17, 15) is 0 Å². The number of benzene rings is 2. The highest BCUT2D eigenvalue weighted by Gasteiger charge is 2.07. The fraction of sp³-hybridized carbons (Fsp3) is 0.333. The Bertz CT molecular complexity index is 520. The summed E-state index contributed by atoms with van der Waals surface area (Å²) >= 11 is 0. The summed E-state index contributed by atoms with van der Waals surface area (Å²) in [5.74, 6) is 0.515. The average molecular weight is 253 g/mol. The third-order valence-corrected chi connectivity index (χ3v) is 3.63. The van der Waals surface area contributed by atoms with E-state index < -0.39 is 0 Å². The van der Waals surface area contributed by atoms with Crippen LogP contribution < -0.4 is 5.32 Å². The summed E-state index contributed by atoms with van der Waals surface area (Å²) in [6.45, 7) is 9.73. The average Bonchev–Trinajstić information content (AvgIpc) is 2.38. The summed E-state index contributed by atoms with van der Waals surface area (Å²) in [5, 5.41) is 3.61. The predicted molar refractivity (Wildman–Crippen MR) is 84.0 cm³/mol. The van der Waals surface area contributed by atoms with E-state index in [-0.39, 0.29) is 0 Å². The summed E-state index contributed by atoms with van der Waals surface area (Å²) in [4.78, 5) is 0. The Morgan fingerprint density at radius 2 is 1.53 bits per heavy atom. The molecule has 0 aromatic heterocycles. The molecule has 1 N–H and O–H groups in total. The first-order valence-electron chi connectivity index (χ1n) is 6.94. The Labute approximate surface area is 116 Å². The molecule has 0 fully saturated rings. The van der Waals surface area contributed by atoms with Gasteiger partial charge in [-0.05, 0) is 43.4 Å². The van der Waals surface area contributed by atoms with Crippen molar-refractivity contribution in [1.82, 2.24) is 0 Å². The predicted octanol–water partition coefficient (Wildman–Crippen LogP) is 4.83. The second kappa shape index (κ2) is 5.92. The molecule has 0 radical (unpaired) electrons. The molecule has 0 spiro atoms. The first-order valence-corrected chi connectivity index (χ1v) is 6.94. The second-order valence-corrected chi connectivity index (χ2v) is 5.47. The van der Waals surface area contributed by atoms with Crippen LogP contribution in [0.4, 0.5) is 5.69 Å². The molecule has 1 heteroatoms. The number of anilines is 1. The van der Waals surface area contributed by atoms with Crippen molar-refractivity contribution in [2.75, 3.05) is 11.9 Å². The van der Waals surface area contributed by atoms with Gasteiger partial charge in [-0.3, -0.25) is 0 Å². The topological polar surface area (TPSA) is 12.0 Å². The fourth-order valence-electron chi connectivity index (χ4n) is 2.61. The molecule has 100 valence electrons. The molecule has 0 saturated carbocycles. The normalized spacial score (nSPS) is 12.2. The maximum Gasteiger partial charge on any atom is 0.0399 e. The molecule has 2 aromatic rings. The summed E-state index contributed by atoms with van der Waals surface area (Å²) < 4.78 is 0. The van der Waals surface area contributed by atoms with Crippen LogP contribution in [0.2, 0.25) is 0 Å². The lowest BCUT2D eigenvalue weighted by Crippen LogP contribution is -2.11. The minimum absolute atomic E-state index is 0.515. The van der Waals surface area contributed by atoms with E-state index in [0.717, 1.165) is 6.54 Å². The molecule has 2 aromatic carbocycles. The van der Waals surface area contributed by atoms with Crippen LogP contribution >= 0.6 is 0 Å². The highest BCUT2D eigenvalue weighted by atomic mass is 14.9. The Morgan fingerprint density at radius 3 is 2.11 bits per heavy atom. The zero-order valence-electron chi connectivity index (χ0n) is 12.3. The van der Waals surface area contributed by atoms with Gasteiger partial charge in [-0.25, -0.2) is 0 Å². The molecular weight excluding hydrogens is 230 g/mol. The van der Waals surface area contributed by atoms with Crippen LogP contribution in [0, 0.1) is 20.8 Å². The minimum Gasteiger partial charge on any atom is -0.384 e. The van der Waals surface area contributed by atoms with Crippen molar-refractivity contribution >= 4 is 5.69 Å². The molecule has 1 nitrogen and oxygen atoms in total. The molecule has 19 heavy (non-hydrogen) atoms. The van der Waals surface area contributed by atoms with E-state index in [1.165, 1.54) is 27.9 Å². The molecular formula is C18H23N. The van der Waals surface area contributed by atoms with Gasteiger partial charge in [0.25, 0.3) is 0 Å². The Kier molecular flexibility index (Phi) is 4.26.